The Bertz CT molecular complexity index is 834. The highest BCUT2D eigenvalue weighted by atomic mass is 127. The van der Waals surface area contributed by atoms with Gasteiger partial charge >= 0.3 is 0 Å². The van der Waals surface area contributed by atoms with E-state index in [1.54, 1.807) is 7.11 Å². The van der Waals surface area contributed by atoms with E-state index in [0.29, 0.717) is 19.8 Å². The molecule has 0 spiro atoms. The number of aliphatic imine (C=N–C) groups is 1. The molecular weight excluding hydrogens is 507 g/mol. The first-order valence-corrected chi connectivity index (χ1v) is 10.8. The summed E-state index contributed by atoms with van der Waals surface area (Å²) in [5.41, 5.74) is 2.35. The smallest absolute Gasteiger partial charge is 0.191 e. The first-order chi connectivity index (χ1) is 14.6. The normalized spacial score (nSPS) is 15.7. The van der Waals surface area contributed by atoms with Crippen molar-refractivity contribution in [3.05, 3.63) is 41.0 Å². The third kappa shape index (κ3) is 7.34. The van der Waals surface area contributed by atoms with Gasteiger partial charge in [-0.25, -0.2) is 9.67 Å². The van der Waals surface area contributed by atoms with Crippen LogP contribution in [-0.4, -0.2) is 53.6 Å². The standard InChI is InChI=1S/C22H34N6O2.HI/c1-5-23-22(24-12-7-13-30-21-16(2)8-6-9-17(21)3)25-18-10-11-20-26-19(15-29-4)27-28(20)14-18;/h6,8-9,18H,5,7,10-15H2,1-4H3,(H2,23,24,25);1H. The summed E-state index contributed by atoms with van der Waals surface area (Å²) in [4.78, 5) is 9.26. The SMILES string of the molecule is CCNC(=NCCCOc1c(C)cccc1C)NC1CCc2nc(COC)nn2C1.I. The van der Waals surface area contributed by atoms with Crippen LogP contribution >= 0.6 is 24.0 Å². The van der Waals surface area contributed by atoms with Crippen molar-refractivity contribution in [2.45, 2.75) is 59.2 Å². The molecule has 0 saturated heterocycles. The monoisotopic (exact) mass is 542 g/mol. The van der Waals surface area contributed by atoms with Gasteiger partial charge in [-0.05, 0) is 38.3 Å². The maximum absolute atomic E-state index is 5.98. The van der Waals surface area contributed by atoms with Gasteiger partial charge in [0.25, 0.3) is 0 Å². The Balaban J connectivity index is 0.00000341. The number of hydrogen-bond acceptors (Lipinski definition) is 5. The second-order valence-electron chi connectivity index (χ2n) is 7.62. The summed E-state index contributed by atoms with van der Waals surface area (Å²) in [6.45, 7) is 9.66. The predicted octanol–water partition coefficient (Wildman–Crippen LogP) is 3.00. The fourth-order valence-corrected chi connectivity index (χ4v) is 3.64. The molecule has 1 atom stereocenters. The summed E-state index contributed by atoms with van der Waals surface area (Å²) in [5, 5.41) is 11.4. The average molecular weight is 542 g/mol. The van der Waals surface area contributed by atoms with Crippen molar-refractivity contribution in [1.82, 2.24) is 25.4 Å². The molecule has 0 aliphatic carbocycles. The van der Waals surface area contributed by atoms with E-state index in [2.05, 4.69) is 59.7 Å². The molecule has 1 aliphatic heterocycles. The molecule has 2 N–H and O–H groups in total. The summed E-state index contributed by atoms with van der Waals surface area (Å²) in [5.74, 6) is 3.61. The Morgan fingerprint density at radius 1 is 1.29 bits per heavy atom. The molecule has 2 aromatic rings. The van der Waals surface area contributed by atoms with Crippen molar-refractivity contribution in [2.75, 3.05) is 26.8 Å². The van der Waals surface area contributed by atoms with E-state index in [4.69, 9.17) is 14.5 Å². The minimum Gasteiger partial charge on any atom is -0.493 e. The number of ether oxygens (including phenoxy) is 2. The van der Waals surface area contributed by atoms with E-state index < -0.39 is 0 Å². The summed E-state index contributed by atoms with van der Waals surface area (Å²) < 4.78 is 13.1. The molecule has 1 aromatic carbocycles. The van der Waals surface area contributed by atoms with Gasteiger partial charge in [0.05, 0.1) is 13.2 Å². The number of hydrogen-bond donors (Lipinski definition) is 2. The van der Waals surface area contributed by atoms with Crippen LogP contribution in [0.1, 0.15) is 42.5 Å². The van der Waals surface area contributed by atoms with Crippen LogP contribution in [0.5, 0.6) is 5.75 Å². The van der Waals surface area contributed by atoms with E-state index in [9.17, 15) is 0 Å². The van der Waals surface area contributed by atoms with E-state index in [-0.39, 0.29) is 30.0 Å². The highest BCUT2D eigenvalue weighted by molar-refractivity contribution is 14.0. The van der Waals surface area contributed by atoms with Crippen LogP contribution in [0.15, 0.2) is 23.2 Å². The van der Waals surface area contributed by atoms with Crippen LogP contribution in [0.3, 0.4) is 0 Å². The molecule has 9 heteroatoms. The summed E-state index contributed by atoms with van der Waals surface area (Å²) in [6.07, 6.45) is 2.77. The van der Waals surface area contributed by atoms with Gasteiger partial charge in [-0.1, -0.05) is 18.2 Å². The van der Waals surface area contributed by atoms with E-state index in [0.717, 1.165) is 55.7 Å². The summed E-state index contributed by atoms with van der Waals surface area (Å²) >= 11 is 0. The van der Waals surface area contributed by atoms with Gasteiger partial charge in [-0.2, -0.15) is 5.10 Å². The molecule has 31 heavy (non-hydrogen) atoms. The van der Waals surface area contributed by atoms with Crippen LogP contribution in [0, 0.1) is 13.8 Å². The number of fused-ring (bicyclic) bond motifs is 1. The van der Waals surface area contributed by atoms with Crippen molar-refractivity contribution >= 4 is 29.9 Å². The van der Waals surface area contributed by atoms with E-state index >= 15 is 0 Å². The topological polar surface area (TPSA) is 85.6 Å². The zero-order valence-corrected chi connectivity index (χ0v) is 21.3. The Kier molecular flexibility index (Phi) is 10.5. The zero-order valence-electron chi connectivity index (χ0n) is 19.0. The van der Waals surface area contributed by atoms with Gasteiger partial charge < -0.3 is 20.1 Å². The number of para-hydroxylation sites is 1. The molecule has 1 aromatic heterocycles. The van der Waals surface area contributed by atoms with Crippen molar-refractivity contribution in [3.8, 4) is 5.75 Å². The number of nitrogens with zero attached hydrogens (tertiary/aromatic N) is 4. The maximum Gasteiger partial charge on any atom is 0.191 e. The molecule has 0 radical (unpaired) electrons. The van der Waals surface area contributed by atoms with Crippen molar-refractivity contribution in [1.29, 1.82) is 0 Å². The number of methoxy groups -OCH3 is 1. The molecule has 0 bridgehead atoms. The van der Waals surface area contributed by atoms with E-state index in [1.807, 2.05) is 4.68 Å². The minimum absolute atomic E-state index is 0. The van der Waals surface area contributed by atoms with Crippen molar-refractivity contribution in [3.63, 3.8) is 0 Å². The van der Waals surface area contributed by atoms with Gasteiger partial charge in [0.15, 0.2) is 11.8 Å². The molecule has 1 aliphatic rings. The van der Waals surface area contributed by atoms with Gasteiger partial charge in [0.2, 0.25) is 0 Å². The average Bonchev–Trinajstić information content (AvgIpc) is 3.11. The Morgan fingerprint density at radius 2 is 2.06 bits per heavy atom. The quantitative estimate of drug-likeness (QED) is 0.220. The van der Waals surface area contributed by atoms with Crippen LogP contribution in [0.2, 0.25) is 0 Å². The van der Waals surface area contributed by atoms with Crippen molar-refractivity contribution in [2.24, 2.45) is 4.99 Å². The highest BCUT2D eigenvalue weighted by Crippen LogP contribution is 2.22. The van der Waals surface area contributed by atoms with Crippen LogP contribution in [0.4, 0.5) is 0 Å². The molecule has 8 nitrogen and oxygen atoms in total. The minimum atomic E-state index is 0. The molecule has 0 saturated carbocycles. The number of nitrogens with one attached hydrogen (secondary N) is 2. The number of halogens is 1. The van der Waals surface area contributed by atoms with Gasteiger partial charge in [0, 0.05) is 39.1 Å². The summed E-state index contributed by atoms with van der Waals surface area (Å²) in [6, 6.07) is 6.49. The number of aryl methyl sites for hydroxylation is 3. The second kappa shape index (κ2) is 12.8. The lowest BCUT2D eigenvalue weighted by Gasteiger charge is -2.25. The zero-order chi connectivity index (χ0) is 21.3. The van der Waals surface area contributed by atoms with Gasteiger partial charge in [-0.15, -0.1) is 24.0 Å². The fourth-order valence-electron chi connectivity index (χ4n) is 3.64. The number of benzene rings is 1. The number of aromatic nitrogens is 3. The van der Waals surface area contributed by atoms with Crippen LogP contribution in [0.25, 0.3) is 0 Å². The molecule has 3 rings (SSSR count). The molecule has 172 valence electrons. The lowest BCUT2D eigenvalue weighted by molar-refractivity contribution is 0.177. The fraction of sp³-hybridized carbons (Fsp3) is 0.591. The lowest BCUT2D eigenvalue weighted by Crippen LogP contribution is -2.47. The first-order valence-electron chi connectivity index (χ1n) is 10.8. The molecule has 0 amide bonds. The largest absolute Gasteiger partial charge is 0.493 e. The molecule has 2 heterocycles. The molecule has 0 fully saturated rings. The highest BCUT2D eigenvalue weighted by Gasteiger charge is 2.22. The third-order valence-electron chi connectivity index (χ3n) is 5.09. The summed E-state index contributed by atoms with van der Waals surface area (Å²) in [7, 11) is 1.66. The van der Waals surface area contributed by atoms with Crippen LogP contribution in [-0.2, 0) is 24.3 Å². The molecular formula is C22H35IN6O2. The number of guanidine groups is 1. The Morgan fingerprint density at radius 3 is 2.77 bits per heavy atom. The maximum atomic E-state index is 5.98. The van der Waals surface area contributed by atoms with Crippen LogP contribution < -0.4 is 15.4 Å². The Labute approximate surface area is 202 Å². The number of rotatable bonds is 9. The molecule has 1 unspecified atom stereocenters. The Hall–Kier alpha value is -1.88. The third-order valence-corrected chi connectivity index (χ3v) is 5.09. The van der Waals surface area contributed by atoms with Gasteiger partial charge in [-0.3, -0.25) is 4.99 Å². The van der Waals surface area contributed by atoms with Gasteiger partial charge in [0.1, 0.15) is 18.2 Å². The predicted molar refractivity (Wildman–Crippen MR) is 133 cm³/mol. The second-order valence-corrected chi connectivity index (χ2v) is 7.62. The van der Waals surface area contributed by atoms with E-state index in [1.165, 1.54) is 11.1 Å². The van der Waals surface area contributed by atoms with Crippen molar-refractivity contribution < 1.29 is 9.47 Å². The lowest BCUT2D eigenvalue weighted by atomic mass is 10.1. The first kappa shape index (κ1) is 25.4.